The third-order valence-electron chi connectivity index (χ3n) is 2.95. The fourth-order valence-corrected chi connectivity index (χ4v) is 1.69. The van der Waals surface area contributed by atoms with Crippen molar-refractivity contribution in [2.75, 3.05) is 0 Å². The molecule has 0 fully saturated rings. The number of carbonyl (C=O) groups excluding carboxylic acids is 1. The van der Waals surface area contributed by atoms with Crippen LogP contribution in [0, 0.1) is 0 Å². The van der Waals surface area contributed by atoms with Gasteiger partial charge < -0.3 is 11.1 Å². The smallest absolute Gasteiger partial charge is 0.351 e. The van der Waals surface area contributed by atoms with E-state index in [2.05, 4.69) is 5.32 Å². The Balaban J connectivity index is 2.48. The van der Waals surface area contributed by atoms with Crippen LogP contribution in [-0.2, 0) is 17.5 Å². The van der Waals surface area contributed by atoms with E-state index in [1.165, 1.54) is 12.1 Å². The van der Waals surface area contributed by atoms with Crippen molar-refractivity contribution in [2.45, 2.75) is 44.9 Å². The summed E-state index contributed by atoms with van der Waals surface area (Å²) in [5.74, 6) is -0.279. The maximum atomic E-state index is 12.4. The summed E-state index contributed by atoms with van der Waals surface area (Å²) < 4.78 is 37.1. The molecular formula is C14H19F3N2O. The summed E-state index contributed by atoms with van der Waals surface area (Å²) in [5, 5.41) is 2.62. The normalized spacial score (nSPS) is 13.1. The fourth-order valence-electron chi connectivity index (χ4n) is 1.69. The highest BCUT2D eigenvalue weighted by Crippen LogP contribution is 2.28. The van der Waals surface area contributed by atoms with Crippen molar-refractivity contribution in [3.8, 4) is 0 Å². The maximum absolute atomic E-state index is 12.4. The molecule has 0 aliphatic carbocycles. The first-order valence-electron chi connectivity index (χ1n) is 6.54. The third kappa shape index (κ3) is 5.21. The van der Waals surface area contributed by atoms with Gasteiger partial charge in [-0.05, 0) is 24.1 Å². The Kier molecular flexibility index (Phi) is 6.01. The number of halogens is 3. The Bertz CT molecular complexity index is 429. The predicted octanol–water partition coefficient (Wildman–Crippen LogP) is 2.84. The average molecular weight is 288 g/mol. The van der Waals surface area contributed by atoms with Crippen molar-refractivity contribution in [3.05, 3.63) is 35.4 Å². The highest BCUT2D eigenvalue weighted by atomic mass is 19.4. The molecule has 1 aromatic rings. The highest BCUT2D eigenvalue weighted by molar-refractivity contribution is 5.81. The van der Waals surface area contributed by atoms with Crippen LogP contribution in [0.3, 0.4) is 0 Å². The van der Waals surface area contributed by atoms with E-state index in [1.54, 1.807) is 0 Å². The Morgan fingerprint density at radius 3 is 2.40 bits per heavy atom. The van der Waals surface area contributed by atoms with Crippen LogP contribution in [0.1, 0.15) is 37.3 Å². The lowest BCUT2D eigenvalue weighted by Gasteiger charge is -2.12. The molecule has 1 amide bonds. The number of unbranched alkanes of at least 4 members (excludes halogenated alkanes) is 1. The molecule has 20 heavy (non-hydrogen) atoms. The van der Waals surface area contributed by atoms with E-state index in [0.29, 0.717) is 12.0 Å². The molecule has 0 aliphatic heterocycles. The van der Waals surface area contributed by atoms with E-state index >= 15 is 0 Å². The lowest BCUT2D eigenvalue weighted by atomic mass is 10.1. The van der Waals surface area contributed by atoms with Crippen molar-refractivity contribution in [1.82, 2.24) is 5.32 Å². The van der Waals surface area contributed by atoms with E-state index in [-0.39, 0.29) is 12.5 Å². The molecule has 1 atom stereocenters. The zero-order chi connectivity index (χ0) is 15.2. The molecule has 0 spiro atoms. The summed E-state index contributed by atoms with van der Waals surface area (Å²) in [6, 6.07) is 4.13. The molecular weight excluding hydrogens is 269 g/mol. The van der Waals surface area contributed by atoms with E-state index in [0.717, 1.165) is 25.0 Å². The molecule has 1 unspecified atom stereocenters. The quantitative estimate of drug-likeness (QED) is 0.845. The summed E-state index contributed by atoms with van der Waals surface area (Å²) in [5.41, 5.74) is 5.59. The molecule has 3 N–H and O–H groups in total. The Labute approximate surface area is 116 Å². The van der Waals surface area contributed by atoms with Crippen LogP contribution in [0.15, 0.2) is 24.3 Å². The summed E-state index contributed by atoms with van der Waals surface area (Å²) >= 11 is 0. The van der Waals surface area contributed by atoms with Gasteiger partial charge in [0.2, 0.25) is 5.91 Å². The van der Waals surface area contributed by atoms with E-state index in [9.17, 15) is 18.0 Å². The summed E-state index contributed by atoms with van der Waals surface area (Å²) in [4.78, 5) is 11.6. The van der Waals surface area contributed by atoms with Gasteiger partial charge in [0.1, 0.15) is 0 Å². The summed E-state index contributed by atoms with van der Waals surface area (Å²) in [7, 11) is 0. The first kappa shape index (κ1) is 16.5. The minimum absolute atomic E-state index is 0.177. The Morgan fingerprint density at radius 1 is 1.30 bits per heavy atom. The lowest BCUT2D eigenvalue weighted by Crippen LogP contribution is -2.40. The first-order chi connectivity index (χ1) is 9.34. The second-order valence-corrected chi connectivity index (χ2v) is 4.66. The van der Waals surface area contributed by atoms with Crippen LogP contribution in [0.5, 0.6) is 0 Å². The fraction of sp³-hybridized carbons (Fsp3) is 0.500. The number of rotatable bonds is 6. The van der Waals surface area contributed by atoms with Crippen LogP contribution in [-0.4, -0.2) is 11.9 Å². The van der Waals surface area contributed by atoms with Gasteiger partial charge >= 0.3 is 6.18 Å². The number of hydrogen-bond donors (Lipinski definition) is 2. The van der Waals surface area contributed by atoms with Crippen LogP contribution in [0.2, 0.25) is 0 Å². The second kappa shape index (κ2) is 7.28. The molecule has 0 heterocycles. The minimum Gasteiger partial charge on any atom is -0.351 e. The molecule has 1 rings (SSSR count). The molecule has 0 radical (unpaired) electrons. The van der Waals surface area contributed by atoms with Gasteiger partial charge in [-0.1, -0.05) is 31.9 Å². The Morgan fingerprint density at radius 2 is 1.90 bits per heavy atom. The van der Waals surface area contributed by atoms with Gasteiger partial charge in [0.25, 0.3) is 0 Å². The third-order valence-corrected chi connectivity index (χ3v) is 2.95. The largest absolute Gasteiger partial charge is 0.416 e. The molecule has 1 aromatic carbocycles. The second-order valence-electron chi connectivity index (χ2n) is 4.66. The number of benzene rings is 1. The van der Waals surface area contributed by atoms with Crippen LogP contribution >= 0.6 is 0 Å². The average Bonchev–Trinajstić information content (AvgIpc) is 2.41. The van der Waals surface area contributed by atoms with Crippen molar-refractivity contribution < 1.29 is 18.0 Å². The van der Waals surface area contributed by atoms with E-state index in [1.807, 2.05) is 6.92 Å². The van der Waals surface area contributed by atoms with Gasteiger partial charge in [0, 0.05) is 6.54 Å². The van der Waals surface area contributed by atoms with Crippen LogP contribution < -0.4 is 11.1 Å². The molecule has 0 aromatic heterocycles. The molecule has 3 nitrogen and oxygen atoms in total. The van der Waals surface area contributed by atoms with Crippen LogP contribution in [0.25, 0.3) is 0 Å². The van der Waals surface area contributed by atoms with Gasteiger partial charge in [-0.15, -0.1) is 0 Å². The zero-order valence-electron chi connectivity index (χ0n) is 11.3. The van der Waals surface area contributed by atoms with Gasteiger partial charge in [-0.25, -0.2) is 0 Å². The van der Waals surface area contributed by atoms with Crippen molar-refractivity contribution in [3.63, 3.8) is 0 Å². The SMILES string of the molecule is CCCCC(N)C(=O)NCc1ccc(C(F)(F)F)cc1. The topological polar surface area (TPSA) is 55.1 Å². The number of carbonyl (C=O) groups is 1. The summed E-state index contributed by atoms with van der Waals surface area (Å²) in [6.07, 6.45) is -1.91. The summed E-state index contributed by atoms with van der Waals surface area (Å²) in [6.45, 7) is 2.18. The Hall–Kier alpha value is -1.56. The number of amides is 1. The highest BCUT2D eigenvalue weighted by Gasteiger charge is 2.29. The van der Waals surface area contributed by atoms with Crippen molar-refractivity contribution >= 4 is 5.91 Å². The monoisotopic (exact) mass is 288 g/mol. The van der Waals surface area contributed by atoms with Crippen LogP contribution in [0.4, 0.5) is 13.2 Å². The number of alkyl halides is 3. The number of hydrogen-bond acceptors (Lipinski definition) is 2. The molecule has 0 bridgehead atoms. The number of nitrogens with two attached hydrogens (primary N) is 1. The first-order valence-corrected chi connectivity index (χ1v) is 6.54. The van der Waals surface area contributed by atoms with Crippen molar-refractivity contribution in [1.29, 1.82) is 0 Å². The molecule has 6 heteroatoms. The molecule has 0 aliphatic rings. The van der Waals surface area contributed by atoms with Gasteiger partial charge in [0.05, 0.1) is 11.6 Å². The predicted molar refractivity (Wildman–Crippen MR) is 70.8 cm³/mol. The van der Waals surface area contributed by atoms with E-state index < -0.39 is 17.8 Å². The van der Waals surface area contributed by atoms with Crippen molar-refractivity contribution in [2.24, 2.45) is 5.73 Å². The van der Waals surface area contributed by atoms with Gasteiger partial charge in [-0.3, -0.25) is 4.79 Å². The molecule has 112 valence electrons. The standard InChI is InChI=1S/C14H19F3N2O/c1-2-3-4-12(18)13(20)19-9-10-5-7-11(8-6-10)14(15,16)17/h5-8,12H,2-4,9,18H2,1H3,(H,19,20). The minimum atomic E-state index is -4.34. The number of nitrogens with one attached hydrogen (secondary N) is 1. The van der Waals surface area contributed by atoms with E-state index in [4.69, 9.17) is 5.73 Å². The lowest BCUT2D eigenvalue weighted by molar-refractivity contribution is -0.137. The molecule has 0 saturated heterocycles. The van der Waals surface area contributed by atoms with Gasteiger partial charge in [-0.2, -0.15) is 13.2 Å². The molecule has 0 saturated carbocycles. The maximum Gasteiger partial charge on any atom is 0.416 e. The zero-order valence-corrected chi connectivity index (χ0v) is 11.3. The van der Waals surface area contributed by atoms with Gasteiger partial charge in [0.15, 0.2) is 0 Å².